The summed E-state index contributed by atoms with van der Waals surface area (Å²) >= 11 is 0. The Morgan fingerprint density at radius 2 is 2.05 bits per heavy atom. The molecule has 3 rings (SSSR count). The van der Waals surface area contributed by atoms with Crippen LogP contribution in [0.2, 0.25) is 0 Å². The monoisotopic (exact) mass is 301 g/mol. The van der Waals surface area contributed by atoms with Gasteiger partial charge in [0.1, 0.15) is 0 Å². The fourth-order valence-electron chi connectivity index (χ4n) is 3.23. The van der Waals surface area contributed by atoms with Crippen LogP contribution in [-0.4, -0.2) is 64.6 Å². The number of benzene rings is 1. The zero-order valence-corrected chi connectivity index (χ0v) is 13.0. The highest BCUT2D eigenvalue weighted by molar-refractivity contribution is 6.05. The van der Waals surface area contributed by atoms with Crippen molar-refractivity contribution >= 4 is 16.8 Å². The van der Waals surface area contributed by atoms with Gasteiger partial charge in [0.25, 0.3) is 5.91 Å². The van der Waals surface area contributed by atoms with E-state index in [0.717, 1.165) is 36.0 Å². The van der Waals surface area contributed by atoms with E-state index in [1.165, 1.54) is 0 Å². The van der Waals surface area contributed by atoms with E-state index in [4.69, 9.17) is 0 Å². The average Bonchev–Trinajstić information content (AvgIpc) is 3.04. The standard InChI is InChI=1S/C17H23N3O2/c1-2-14(12-21)19-8-10-20(11-9-19)17(22)15-5-3-4-13-6-7-18-16(13)15/h3-7,14,18,21H,2,8-12H2,1H3. The van der Waals surface area contributed by atoms with Crippen molar-refractivity contribution in [3.05, 3.63) is 36.0 Å². The van der Waals surface area contributed by atoms with E-state index in [-0.39, 0.29) is 18.6 Å². The first-order valence-electron chi connectivity index (χ1n) is 7.95. The number of piperazine rings is 1. The lowest BCUT2D eigenvalue weighted by Gasteiger charge is -2.38. The van der Waals surface area contributed by atoms with Crippen molar-refractivity contribution in [2.75, 3.05) is 32.8 Å². The van der Waals surface area contributed by atoms with Gasteiger partial charge < -0.3 is 15.0 Å². The van der Waals surface area contributed by atoms with Gasteiger partial charge in [-0.3, -0.25) is 9.69 Å². The van der Waals surface area contributed by atoms with E-state index < -0.39 is 0 Å². The van der Waals surface area contributed by atoms with Gasteiger partial charge in [-0.15, -0.1) is 0 Å². The lowest BCUT2D eigenvalue weighted by Crippen LogP contribution is -2.52. The predicted octanol–water partition coefficient (Wildman–Crippen LogP) is 1.70. The summed E-state index contributed by atoms with van der Waals surface area (Å²) in [7, 11) is 0. The molecule has 118 valence electrons. The van der Waals surface area contributed by atoms with Crippen molar-refractivity contribution < 1.29 is 9.90 Å². The zero-order valence-electron chi connectivity index (χ0n) is 13.0. The summed E-state index contributed by atoms with van der Waals surface area (Å²) in [5.74, 6) is 0.0877. The lowest BCUT2D eigenvalue weighted by atomic mass is 10.1. The summed E-state index contributed by atoms with van der Waals surface area (Å²) in [6, 6.07) is 8.02. The summed E-state index contributed by atoms with van der Waals surface area (Å²) in [5.41, 5.74) is 1.65. The summed E-state index contributed by atoms with van der Waals surface area (Å²) < 4.78 is 0. The molecule has 1 aliphatic heterocycles. The number of aromatic amines is 1. The lowest BCUT2D eigenvalue weighted by molar-refractivity contribution is 0.0473. The third-order valence-corrected chi connectivity index (χ3v) is 4.62. The van der Waals surface area contributed by atoms with Crippen LogP contribution < -0.4 is 0 Å². The molecule has 5 nitrogen and oxygen atoms in total. The van der Waals surface area contributed by atoms with E-state index in [9.17, 15) is 9.90 Å². The predicted molar refractivity (Wildman–Crippen MR) is 86.9 cm³/mol. The SMILES string of the molecule is CCC(CO)N1CCN(C(=O)c2cccc3cc[nH]c23)CC1. The Bertz CT molecular complexity index is 640. The number of nitrogens with one attached hydrogen (secondary N) is 1. The second kappa shape index (κ2) is 6.50. The number of fused-ring (bicyclic) bond motifs is 1. The molecule has 1 fully saturated rings. The number of aliphatic hydroxyl groups excluding tert-OH is 1. The van der Waals surface area contributed by atoms with E-state index in [0.29, 0.717) is 13.1 Å². The molecule has 1 aromatic heterocycles. The number of nitrogens with zero attached hydrogens (tertiary/aromatic N) is 2. The number of H-pyrrole nitrogens is 1. The number of aromatic nitrogens is 1. The Labute approximate surface area is 130 Å². The minimum atomic E-state index is 0.0877. The normalized spacial score (nSPS) is 17.8. The molecule has 2 aromatic rings. The van der Waals surface area contributed by atoms with Gasteiger partial charge in [0.2, 0.25) is 0 Å². The first-order chi connectivity index (χ1) is 10.7. The molecule has 0 radical (unpaired) electrons. The highest BCUT2D eigenvalue weighted by Gasteiger charge is 2.26. The van der Waals surface area contributed by atoms with Crippen LogP contribution in [0.5, 0.6) is 0 Å². The fourth-order valence-corrected chi connectivity index (χ4v) is 3.23. The minimum absolute atomic E-state index is 0.0877. The minimum Gasteiger partial charge on any atom is -0.395 e. The summed E-state index contributed by atoms with van der Waals surface area (Å²) in [6.07, 6.45) is 2.80. The first-order valence-corrected chi connectivity index (χ1v) is 7.95. The van der Waals surface area contributed by atoms with Crippen molar-refractivity contribution in [3.8, 4) is 0 Å². The molecule has 5 heteroatoms. The van der Waals surface area contributed by atoms with Gasteiger partial charge in [0.05, 0.1) is 17.7 Å². The molecular formula is C17H23N3O2. The van der Waals surface area contributed by atoms with Crippen molar-refractivity contribution in [2.24, 2.45) is 0 Å². The van der Waals surface area contributed by atoms with Crippen LogP contribution in [0, 0.1) is 0 Å². The van der Waals surface area contributed by atoms with Crippen LogP contribution in [0.15, 0.2) is 30.5 Å². The van der Waals surface area contributed by atoms with Crippen LogP contribution >= 0.6 is 0 Å². The second-order valence-electron chi connectivity index (χ2n) is 5.82. The van der Waals surface area contributed by atoms with Crippen molar-refractivity contribution in [2.45, 2.75) is 19.4 Å². The number of carbonyl (C=O) groups is 1. The molecule has 0 spiro atoms. The van der Waals surface area contributed by atoms with E-state index in [1.54, 1.807) is 0 Å². The molecule has 1 atom stereocenters. The first kappa shape index (κ1) is 15.1. The van der Waals surface area contributed by atoms with Gasteiger partial charge in [-0.1, -0.05) is 19.1 Å². The Hall–Kier alpha value is -1.85. The Balaban J connectivity index is 1.71. The van der Waals surface area contributed by atoms with Crippen molar-refractivity contribution in [1.29, 1.82) is 0 Å². The number of rotatable bonds is 4. The number of hydrogen-bond donors (Lipinski definition) is 2. The molecule has 2 N–H and O–H groups in total. The van der Waals surface area contributed by atoms with E-state index >= 15 is 0 Å². The molecule has 1 unspecified atom stereocenters. The van der Waals surface area contributed by atoms with Gasteiger partial charge in [0.15, 0.2) is 0 Å². The van der Waals surface area contributed by atoms with Crippen LogP contribution in [-0.2, 0) is 0 Å². The Morgan fingerprint density at radius 3 is 2.73 bits per heavy atom. The molecule has 22 heavy (non-hydrogen) atoms. The number of hydrogen-bond acceptors (Lipinski definition) is 3. The maximum Gasteiger partial charge on any atom is 0.256 e. The molecule has 0 aliphatic carbocycles. The summed E-state index contributed by atoms with van der Waals surface area (Å²) in [5, 5.41) is 10.5. The maximum atomic E-state index is 12.8. The Kier molecular flexibility index (Phi) is 4.45. The van der Waals surface area contributed by atoms with Crippen LogP contribution in [0.3, 0.4) is 0 Å². The van der Waals surface area contributed by atoms with Crippen molar-refractivity contribution in [1.82, 2.24) is 14.8 Å². The molecule has 1 aromatic carbocycles. The smallest absolute Gasteiger partial charge is 0.256 e. The van der Waals surface area contributed by atoms with Gasteiger partial charge >= 0.3 is 0 Å². The average molecular weight is 301 g/mol. The fraction of sp³-hybridized carbons (Fsp3) is 0.471. The molecule has 1 saturated heterocycles. The van der Waals surface area contributed by atoms with Crippen LogP contribution in [0.4, 0.5) is 0 Å². The largest absolute Gasteiger partial charge is 0.395 e. The van der Waals surface area contributed by atoms with E-state index in [1.807, 2.05) is 35.4 Å². The maximum absolute atomic E-state index is 12.8. The molecular weight excluding hydrogens is 278 g/mol. The molecule has 0 saturated carbocycles. The molecule has 1 amide bonds. The van der Waals surface area contributed by atoms with Gasteiger partial charge in [-0.2, -0.15) is 0 Å². The number of para-hydroxylation sites is 1. The zero-order chi connectivity index (χ0) is 15.5. The quantitative estimate of drug-likeness (QED) is 0.903. The summed E-state index contributed by atoms with van der Waals surface area (Å²) in [4.78, 5) is 20.1. The molecule has 1 aliphatic rings. The van der Waals surface area contributed by atoms with Gasteiger partial charge in [-0.25, -0.2) is 0 Å². The summed E-state index contributed by atoms with van der Waals surface area (Å²) in [6.45, 7) is 5.35. The van der Waals surface area contributed by atoms with Gasteiger partial charge in [-0.05, 0) is 18.6 Å². The number of carbonyl (C=O) groups excluding carboxylic acids is 1. The topological polar surface area (TPSA) is 59.6 Å². The third-order valence-electron chi connectivity index (χ3n) is 4.62. The van der Waals surface area contributed by atoms with Gasteiger partial charge in [0, 0.05) is 43.8 Å². The van der Waals surface area contributed by atoms with Crippen molar-refractivity contribution in [3.63, 3.8) is 0 Å². The highest BCUT2D eigenvalue weighted by atomic mass is 16.3. The molecule has 0 bridgehead atoms. The highest BCUT2D eigenvalue weighted by Crippen LogP contribution is 2.20. The number of amides is 1. The third kappa shape index (κ3) is 2.74. The molecule has 2 heterocycles. The van der Waals surface area contributed by atoms with Crippen LogP contribution in [0.25, 0.3) is 10.9 Å². The van der Waals surface area contributed by atoms with Crippen LogP contribution in [0.1, 0.15) is 23.7 Å². The number of aliphatic hydroxyl groups is 1. The van der Waals surface area contributed by atoms with E-state index in [2.05, 4.69) is 16.8 Å². The second-order valence-corrected chi connectivity index (χ2v) is 5.82. The Morgan fingerprint density at radius 1 is 1.27 bits per heavy atom.